The lowest BCUT2D eigenvalue weighted by molar-refractivity contribution is 0.0748. The van der Waals surface area contributed by atoms with Crippen LogP contribution in [0.3, 0.4) is 0 Å². The van der Waals surface area contributed by atoms with Gasteiger partial charge in [0, 0.05) is 19.6 Å². The summed E-state index contributed by atoms with van der Waals surface area (Å²) in [5, 5.41) is 9.92. The maximum Gasteiger partial charge on any atom is 0.0692 e. The highest BCUT2D eigenvalue weighted by Gasteiger charge is 2.16. The van der Waals surface area contributed by atoms with Gasteiger partial charge in [-0.25, -0.2) is 0 Å². The Morgan fingerprint density at radius 1 is 1.31 bits per heavy atom. The molecule has 3 nitrogen and oxygen atoms in total. The van der Waals surface area contributed by atoms with Gasteiger partial charge in [0.1, 0.15) is 0 Å². The standard InChI is InChI=1S/C13H28N2O/c1-4-12(2)13(16)11-14(3)9-10-15-7-5-6-8-15/h12-13,16H,4-11H2,1-3H3. The van der Waals surface area contributed by atoms with Crippen molar-refractivity contribution in [3.05, 3.63) is 0 Å². The number of aliphatic hydroxyl groups is 1. The summed E-state index contributed by atoms with van der Waals surface area (Å²) in [6.07, 6.45) is 3.60. The summed E-state index contributed by atoms with van der Waals surface area (Å²) in [5.41, 5.74) is 0. The van der Waals surface area contributed by atoms with E-state index in [2.05, 4.69) is 30.7 Å². The summed E-state index contributed by atoms with van der Waals surface area (Å²) in [7, 11) is 2.11. The number of likely N-dealkylation sites (tertiary alicyclic amines) is 1. The normalized spacial score (nSPS) is 21.6. The summed E-state index contributed by atoms with van der Waals surface area (Å²) < 4.78 is 0. The third kappa shape index (κ3) is 4.81. The molecule has 0 aromatic heterocycles. The largest absolute Gasteiger partial charge is 0.392 e. The van der Waals surface area contributed by atoms with Gasteiger partial charge in [-0.3, -0.25) is 0 Å². The second kappa shape index (κ2) is 7.25. The van der Waals surface area contributed by atoms with Gasteiger partial charge in [0.15, 0.2) is 0 Å². The van der Waals surface area contributed by atoms with Crippen LogP contribution in [-0.2, 0) is 0 Å². The molecule has 1 N–H and O–H groups in total. The van der Waals surface area contributed by atoms with E-state index in [1.807, 2.05) is 0 Å². The second-order valence-electron chi connectivity index (χ2n) is 5.26. The molecule has 0 radical (unpaired) electrons. The van der Waals surface area contributed by atoms with Crippen LogP contribution in [0, 0.1) is 5.92 Å². The van der Waals surface area contributed by atoms with Crippen LogP contribution >= 0.6 is 0 Å². The highest BCUT2D eigenvalue weighted by Crippen LogP contribution is 2.09. The Kier molecular flexibility index (Phi) is 6.32. The van der Waals surface area contributed by atoms with Crippen LogP contribution in [-0.4, -0.2) is 60.8 Å². The molecular formula is C13H28N2O. The molecule has 2 atom stereocenters. The molecule has 0 aromatic carbocycles. The monoisotopic (exact) mass is 228 g/mol. The fourth-order valence-corrected chi connectivity index (χ4v) is 2.18. The Labute approximate surface area is 100 Å². The topological polar surface area (TPSA) is 26.7 Å². The maximum atomic E-state index is 9.92. The molecule has 1 aliphatic rings. The number of rotatable bonds is 7. The molecule has 1 heterocycles. The van der Waals surface area contributed by atoms with Gasteiger partial charge in [0.05, 0.1) is 6.10 Å². The van der Waals surface area contributed by atoms with Crippen molar-refractivity contribution in [2.24, 2.45) is 5.92 Å². The molecule has 16 heavy (non-hydrogen) atoms. The molecule has 0 amide bonds. The van der Waals surface area contributed by atoms with E-state index >= 15 is 0 Å². The van der Waals surface area contributed by atoms with Crippen molar-refractivity contribution in [1.82, 2.24) is 9.80 Å². The average molecular weight is 228 g/mol. The van der Waals surface area contributed by atoms with E-state index in [-0.39, 0.29) is 6.10 Å². The lowest BCUT2D eigenvalue weighted by Gasteiger charge is -2.25. The highest BCUT2D eigenvalue weighted by molar-refractivity contribution is 4.70. The molecule has 2 unspecified atom stereocenters. The fourth-order valence-electron chi connectivity index (χ4n) is 2.18. The Hall–Kier alpha value is -0.120. The van der Waals surface area contributed by atoms with Crippen molar-refractivity contribution in [1.29, 1.82) is 0 Å². The second-order valence-corrected chi connectivity index (χ2v) is 5.26. The first-order chi connectivity index (χ1) is 7.63. The molecule has 1 fully saturated rings. The predicted molar refractivity (Wildman–Crippen MR) is 68.6 cm³/mol. The van der Waals surface area contributed by atoms with Gasteiger partial charge in [0.25, 0.3) is 0 Å². The van der Waals surface area contributed by atoms with Crippen LogP contribution in [0.15, 0.2) is 0 Å². The van der Waals surface area contributed by atoms with Crippen LogP contribution < -0.4 is 0 Å². The predicted octanol–water partition coefficient (Wildman–Crippen LogP) is 1.42. The first-order valence-corrected chi connectivity index (χ1v) is 6.72. The summed E-state index contributed by atoms with van der Waals surface area (Å²) in [6, 6.07) is 0. The maximum absolute atomic E-state index is 9.92. The van der Waals surface area contributed by atoms with Crippen molar-refractivity contribution in [3.8, 4) is 0 Å². The van der Waals surface area contributed by atoms with Crippen molar-refractivity contribution in [2.75, 3.05) is 39.8 Å². The molecule has 0 spiro atoms. The molecule has 0 saturated carbocycles. The first-order valence-electron chi connectivity index (χ1n) is 6.72. The highest BCUT2D eigenvalue weighted by atomic mass is 16.3. The molecule has 96 valence electrons. The molecule has 0 aromatic rings. The third-order valence-corrected chi connectivity index (χ3v) is 3.80. The Balaban J connectivity index is 2.11. The Bertz CT molecular complexity index is 181. The quantitative estimate of drug-likeness (QED) is 0.714. The van der Waals surface area contributed by atoms with E-state index in [0.29, 0.717) is 5.92 Å². The number of hydrogen-bond acceptors (Lipinski definition) is 3. The van der Waals surface area contributed by atoms with Gasteiger partial charge >= 0.3 is 0 Å². The fraction of sp³-hybridized carbons (Fsp3) is 1.00. The van der Waals surface area contributed by atoms with Gasteiger partial charge in [-0.15, -0.1) is 0 Å². The van der Waals surface area contributed by atoms with Crippen LogP contribution in [0.1, 0.15) is 33.1 Å². The van der Waals surface area contributed by atoms with Gasteiger partial charge in [-0.1, -0.05) is 20.3 Å². The Morgan fingerprint density at radius 3 is 2.50 bits per heavy atom. The van der Waals surface area contributed by atoms with Crippen LogP contribution in [0.4, 0.5) is 0 Å². The zero-order chi connectivity index (χ0) is 12.0. The van der Waals surface area contributed by atoms with Crippen LogP contribution in [0.5, 0.6) is 0 Å². The third-order valence-electron chi connectivity index (χ3n) is 3.80. The van der Waals surface area contributed by atoms with Gasteiger partial charge in [-0.2, -0.15) is 0 Å². The zero-order valence-corrected chi connectivity index (χ0v) is 11.2. The number of hydrogen-bond donors (Lipinski definition) is 1. The van der Waals surface area contributed by atoms with Gasteiger partial charge < -0.3 is 14.9 Å². The molecule has 1 rings (SSSR count). The SMILES string of the molecule is CCC(C)C(O)CN(C)CCN1CCCC1. The molecule has 1 saturated heterocycles. The number of nitrogens with zero attached hydrogens (tertiary/aromatic N) is 2. The minimum absolute atomic E-state index is 0.173. The minimum atomic E-state index is -0.173. The van der Waals surface area contributed by atoms with Gasteiger partial charge in [-0.05, 0) is 38.9 Å². The summed E-state index contributed by atoms with van der Waals surface area (Å²) in [6.45, 7) is 9.83. The molecule has 3 heteroatoms. The lowest BCUT2D eigenvalue weighted by atomic mass is 10.0. The summed E-state index contributed by atoms with van der Waals surface area (Å²) in [5.74, 6) is 0.411. The lowest BCUT2D eigenvalue weighted by Crippen LogP contribution is -2.37. The average Bonchev–Trinajstić information content (AvgIpc) is 2.78. The van der Waals surface area contributed by atoms with Crippen molar-refractivity contribution in [2.45, 2.75) is 39.2 Å². The summed E-state index contributed by atoms with van der Waals surface area (Å²) >= 11 is 0. The van der Waals surface area contributed by atoms with E-state index in [9.17, 15) is 5.11 Å². The first kappa shape index (κ1) is 13.9. The van der Waals surface area contributed by atoms with E-state index in [1.165, 1.54) is 25.9 Å². The van der Waals surface area contributed by atoms with Crippen LogP contribution in [0.25, 0.3) is 0 Å². The Morgan fingerprint density at radius 2 is 1.94 bits per heavy atom. The molecule has 1 aliphatic heterocycles. The molecular weight excluding hydrogens is 200 g/mol. The van der Waals surface area contributed by atoms with Crippen molar-refractivity contribution in [3.63, 3.8) is 0 Å². The smallest absolute Gasteiger partial charge is 0.0692 e. The molecule has 0 bridgehead atoms. The summed E-state index contributed by atoms with van der Waals surface area (Å²) in [4.78, 5) is 4.78. The zero-order valence-electron chi connectivity index (χ0n) is 11.2. The van der Waals surface area contributed by atoms with E-state index in [4.69, 9.17) is 0 Å². The minimum Gasteiger partial charge on any atom is -0.392 e. The number of likely N-dealkylation sites (N-methyl/N-ethyl adjacent to an activating group) is 1. The van der Waals surface area contributed by atoms with E-state index in [1.54, 1.807) is 0 Å². The number of aliphatic hydroxyl groups excluding tert-OH is 1. The molecule has 0 aliphatic carbocycles. The van der Waals surface area contributed by atoms with E-state index in [0.717, 1.165) is 26.1 Å². The van der Waals surface area contributed by atoms with E-state index < -0.39 is 0 Å². The van der Waals surface area contributed by atoms with Gasteiger partial charge in [0.2, 0.25) is 0 Å². The van der Waals surface area contributed by atoms with Crippen molar-refractivity contribution < 1.29 is 5.11 Å². The van der Waals surface area contributed by atoms with Crippen LogP contribution in [0.2, 0.25) is 0 Å². The van der Waals surface area contributed by atoms with Crippen molar-refractivity contribution >= 4 is 0 Å².